The van der Waals surface area contributed by atoms with Gasteiger partial charge in [-0.3, -0.25) is 0 Å². The van der Waals surface area contributed by atoms with Crippen molar-refractivity contribution in [3.05, 3.63) is 48.5 Å². The first-order chi connectivity index (χ1) is 7.75. The predicted molar refractivity (Wildman–Crippen MR) is 63.6 cm³/mol. The summed E-state index contributed by atoms with van der Waals surface area (Å²) in [6.45, 7) is 0. The fourth-order valence-corrected chi connectivity index (χ4v) is 2.01. The molecule has 16 heavy (non-hydrogen) atoms. The fraction of sp³-hybridized carbons (Fsp3) is 0. The number of hydrogen-bond donors (Lipinski definition) is 2. The molecule has 0 aromatic heterocycles. The quantitative estimate of drug-likeness (QED) is 0.558. The third-order valence-corrected chi connectivity index (χ3v) is 2.73. The van der Waals surface area contributed by atoms with Crippen molar-refractivity contribution in [1.29, 1.82) is 0 Å². The Labute approximate surface area is 92.4 Å². The number of aromatic hydroxyl groups is 2. The van der Waals surface area contributed by atoms with E-state index >= 15 is 0 Å². The Morgan fingerprint density at radius 3 is 2.62 bits per heavy atom. The van der Waals surface area contributed by atoms with Crippen LogP contribution in [0.15, 0.2) is 42.5 Å². The van der Waals surface area contributed by atoms with Gasteiger partial charge >= 0.3 is 0 Å². The molecule has 77 valence electrons. The lowest BCUT2D eigenvalue weighted by atomic mass is 10.0. The molecular weight excluding hydrogens is 200 g/mol. The molecule has 2 N–H and O–H groups in total. The molecule has 0 spiro atoms. The van der Waals surface area contributed by atoms with Crippen LogP contribution in [-0.2, 0) is 0 Å². The SMILES string of the molecule is Oc1[c]c2ccc3cccc(O)c3c2cc1. The highest BCUT2D eigenvalue weighted by Crippen LogP contribution is 2.32. The Balaban J connectivity index is 2.58. The molecule has 0 aliphatic carbocycles. The number of fused-ring (bicyclic) bond motifs is 3. The minimum atomic E-state index is 0.113. The van der Waals surface area contributed by atoms with Gasteiger partial charge in [0.2, 0.25) is 0 Å². The maximum absolute atomic E-state index is 9.86. The largest absolute Gasteiger partial charge is 0.507 e. The molecule has 0 saturated carbocycles. The summed E-state index contributed by atoms with van der Waals surface area (Å²) >= 11 is 0. The molecule has 0 heterocycles. The number of hydrogen-bond acceptors (Lipinski definition) is 2. The summed E-state index contributed by atoms with van der Waals surface area (Å²) < 4.78 is 0. The van der Waals surface area contributed by atoms with Crippen LogP contribution in [-0.4, -0.2) is 10.2 Å². The monoisotopic (exact) mass is 209 g/mol. The molecule has 0 atom stereocenters. The lowest BCUT2D eigenvalue weighted by Crippen LogP contribution is -1.78. The average molecular weight is 209 g/mol. The van der Waals surface area contributed by atoms with Gasteiger partial charge in [0.25, 0.3) is 0 Å². The van der Waals surface area contributed by atoms with Crippen molar-refractivity contribution in [3.63, 3.8) is 0 Å². The number of benzene rings is 3. The summed E-state index contributed by atoms with van der Waals surface area (Å²) in [7, 11) is 0. The minimum absolute atomic E-state index is 0.113. The number of phenols is 2. The summed E-state index contributed by atoms with van der Waals surface area (Å²) in [5.41, 5.74) is 0. The molecule has 0 aliphatic heterocycles. The van der Waals surface area contributed by atoms with Gasteiger partial charge in [0.05, 0.1) is 0 Å². The Bertz CT molecular complexity index is 687. The van der Waals surface area contributed by atoms with Crippen LogP contribution in [0.1, 0.15) is 0 Å². The van der Waals surface area contributed by atoms with Gasteiger partial charge < -0.3 is 10.2 Å². The summed E-state index contributed by atoms with van der Waals surface area (Å²) in [5, 5.41) is 22.7. The van der Waals surface area contributed by atoms with Gasteiger partial charge in [-0.1, -0.05) is 24.3 Å². The van der Waals surface area contributed by atoms with Crippen molar-refractivity contribution < 1.29 is 10.2 Å². The second kappa shape index (κ2) is 3.14. The van der Waals surface area contributed by atoms with E-state index in [2.05, 4.69) is 6.07 Å². The first-order valence-corrected chi connectivity index (χ1v) is 5.01. The Kier molecular flexibility index (Phi) is 1.77. The van der Waals surface area contributed by atoms with Gasteiger partial charge in [0.15, 0.2) is 0 Å². The van der Waals surface area contributed by atoms with Crippen LogP contribution in [0.25, 0.3) is 21.5 Å². The fourth-order valence-electron chi connectivity index (χ4n) is 2.01. The molecule has 0 saturated heterocycles. The van der Waals surface area contributed by atoms with Crippen molar-refractivity contribution in [3.8, 4) is 11.5 Å². The normalized spacial score (nSPS) is 11.0. The van der Waals surface area contributed by atoms with Crippen LogP contribution in [0.5, 0.6) is 11.5 Å². The summed E-state index contributed by atoms with van der Waals surface area (Å²) in [4.78, 5) is 0. The van der Waals surface area contributed by atoms with E-state index in [-0.39, 0.29) is 11.5 Å². The average Bonchev–Trinajstić information content (AvgIpc) is 2.29. The molecule has 3 aromatic rings. The molecule has 0 aliphatic rings. The van der Waals surface area contributed by atoms with Crippen molar-refractivity contribution >= 4 is 21.5 Å². The summed E-state index contributed by atoms with van der Waals surface area (Å²) in [6, 6.07) is 15.4. The van der Waals surface area contributed by atoms with E-state index in [0.29, 0.717) is 0 Å². The van der Waals surface area contributed by atoms with Crippen molar-refractivity contribution in [1.82, 2.24) is 0 Å². The molecule has 2 nitrogen and oxygen atoms in total. The lowest BCUT2D eigenvalue weighted by molar-refractivity contribution is 0.475. The maximum atomic E-state index is 9.86. The van der Waals surface area contributed by atoms with Crippen LogP contribution in [0.2, 0.25) is 0 Å². The first-order valence-electron chi connectivity index (χ1n) is 5.01. The van der Waals surface area contributed by atoms with Crippen molar-refractivity contribution in [2.24, 2.45) is 0 Å². The maximum Gasteiger partial charge on any atom is 0.124 e. The topological polar surface area (TPSA) is 40.5 Å². The highest BCUT2D eigenvalue weighted by molar-refractivity contribution is 6.10. The van der Waals surface area contributed by atoms with Gasteiger partial charge in [0, 0.05) is 11.5 Å². The zero-order chi connectivity index (χ0) is 11.1. The smallest absolute Gasteiger partial charge is 0.124 e. The number of phenolic OH excluding ortho intramolecular Hbond substituents is 2. The third-order valence-electron chi connectivity index (χ3n) is 2.73. The summed E-state index contributed by atoms with van der Waals surface area (Å²) in [6.07, 6.45) is 0. The Hall–Kier alpha value is -2.22. The second-order valence-corrected chi connectivity index (χ2v) is 3.75. The van der Waals surface area contributed by atoms with E-state index in [0.717, 1.165) is 21.5 Å². The van der Waals surface area contributed by atoms with Gasteiger partial charge in [-0.25, -0.2) is 0 Å². The highest BCUT2D eigenvalue weighted by Gasteiger charge is 2.05. The Morgan fingerprint density at radius 1 is 0.875 bits per heavy atom. The second-order valence-electron chi connectivity index (χ2n) is 3.75. The van der Waals surface area contributed by atoms with Gasteiger partial charge in [-0.15, -0.1) is 0 Å². The lowest BCUT2D eigenvalue weighted by Gasteiger charge is -2.05. The molecule has 0 fully saturated rings. The minimum Gasteiger partial charge on any atom is -0.507 e. The van der Waals surface area contributed by atoms with Crippen molar-refractivity contribution in [2.75, 3.05) is 0 Å². The third kappa shape index (κ3) is 1.20. The van der Waals surface area contributed by atoms with E-state index in [1.165, 1.54) is 0 Å². The van der Waals surface area contributed by atoms with Crippen LogP contribution >= 0.6 is 0 Å². The van der Waals surface area contributed by atoms with Gasteiger partial charge in [-0.2, -0.15) is 0 Å². The zero-order valence-electron chi connectivity index (χ0n) is 8.44. The summed E-state index contributed by atoms with van der Waals surface area (Å²) in [5.74, 6) is 0.365. The number of rotatable bonds is 0. The van der Waals surface area contributed by atoms with E-state index in [1.54, 1.807) is 18.2 Å². The molecule has 2 heteroatoms. The molecular formula is C14H9O2. The van der Waals surface area contributed by atoms with Gasteiger partial charge in [-0.05, 0) is 34.4 Å². The first kappa shape index (κ1) is 9.04. The van der Waals surface area contributed by atoms with E-state index in [1.807, 2.05) is 24.3 Å². The zero-order valence-corrected chi connectivity index (χ0v) is 8.44. The molecule has 0 bridgehead atoms. The highest BCUT2D eigenvalue weighted by atomic mass is 16.3. The van der Waals surface area contributed by atoms with Crippen LogP contribution in [0.3, 0.4) is 0 Å². The predicted octanol–water partition coefficient (Wildman–Crippen LogP) is 3.20. The standard InChI is InChI=1S/C14H9O2/c15-11-6-7-12-10(8-11)5-4-9-2-1-3-13(16)14(9)12/h1-7,15-16H. The molecule has 3 aromatic carbocycles. The molecule has 3 rings (SSSR count). The van der Waals surface area contributed by atoms with E-state index in [9.17, 15) is 10.2 Å². The Morgan fingerprint density at radius 2 is 1.75 bits per heavy atom. The van der Waals surface area contributed by atoms with Crippen molar-refractivity contribution in [2.45, 2.75) is 0 Å². The molecule has 0 amide bonds. The van der Waals surface area contributed by atoms with Crippen LogP contribution in [0.4, 0.5) is 0 Å². The van der Waals surface area contributed by atoms with E-state index in [4.69, 9.17) is 0 Å². The van der Waals surface area contributed by atoms with Crippen LogP contribution in [0, 0.1) is 6.07 Å². The van der Waals surface area contributed by atoms with Gasteiger partial charge in [0.1, 0.15) is 11.5 Å². The molecule has 1 radical (unpaired) electrons. The molecule has 0 unspecified atom stereocenters. The van der Waals surface area contributed by atoms with Crippen LogP contribution < -0.4 is 0 Å². The van der Waals surface area contributed by atoms with E-state index < -0.39 is 0 Å².